The SMILES string of the molecule is CCCCSCCCC(C#N)(CC)NCCC. The summed E-state index contributed by atoms with van der Waals surface area (Å²) in [7, 11) is 0. The molecule has 17 heavy (non-hydrogen) atoms. The lowest BCUT2D eigenvalue weighted by atomic mass is 9.92. The van der Waals surface area contributed by atoms with Gasteiger partial charge in [-0.3, -0.25) is 5.32 Å². The number of hydrogen-bond donors (Lipinski definition) is 1. The minimum atomic E-state index is -0.276. The van der Waals surface area contributed by atoms with Gasteiger partial charge in [0.25, 0.3) is 0 Å². The lowest BCUT2D eigenvalue weighted by Crippen LogP contribution is -2.43. The maximum absolute atomic E-state index is 9.32. The molecule has 0 rings (SSSR count). The fraction of sp³-hybridized carbons (Fsp3) is 0.929. The monoisotopic (exact) mass is 256 g/mol. The van der Waals surface area contributed by atoms with Crippen LogP contribution in [0.1, 0.15) is 59.3 Å². The van der Waals surface area contributed by atoms with Crippen LogP contribution in [0, 0.1) is 11.3 Å². The lowest BCUT2D eigenvalue weighted by molar-refractivity contribution is 0.371. The van der Waals surface area contributed by atoms with Gasteiger partial charge in [0.1, 0.15) is 5.54 Å². The highest BCUT2D eigenvalue weighted by molar-refractivity contribution is 7.99. The molecule has 0 aliphatic rings. The average molecular weight is 256 g/mol. The van der Waals surface area contributed by atoms with E-state index < -0.39 is 0 Å². The van der Waals surface area contributed by atoms with Crippen LogP contribution >= 0.6 is 11.8 Å². The van der Waals surface area contributed by atoms with Crippen LogP contribution in [0.3, 0.4) is 0 Å². The van der Waals surface area contributed by atoms with Crippen molar-refractivity contribution >= 4 is 11.8 Å². The molecule has 0 aliphatic carbocycles. The van der Waals surface area contributed by atoms with Crippen molar-refractivity contribution in [3.05, 3.63) is 0 Å². The number of rotatable bonds is 11. The summed E-state index contributed by atoms with van der Waals surface area (Å²) in [4.78, 5) is 0. The molecule has 3 heteroatoms. The first-order valence-corrected chi connectivity index (χ1v) is 8.14. The summed E-state index contributed by atoms with van der Waals surface area (Å²) in [5, 5.41) is 12.7. The normalized spacial score (nSPS) is 14.2. The summed E-state index contributed by atoms with van der Waals surface area (Å²) in [5.74, 6) is 2.46. The number of nitrogens with one attached hydrogen (secondary N) is 1. The zero-order valence-electron chi connectivity index (χ0n) is 11.7. The lowest BCUT2D eigenvalue weighted by Gasteiger charge is -2.26. The summed E-state index contributed by atoms with van der Waals surface area (Å²) in [6.45, 7) is 7.43. The van der Waals surface area contributed by atoms with Crippen LogP contribution in [-0.2, 0) is 0 Å². The highest BCUT2D eigenvalue weighted by atomic mass is 32.2. The Morgan fingerprint density at radius 1 is 1.12 bits per heavy atom. The highest BCUT2D eigenvalue weighted by Crippen LogP contribution is 2.19. The van der Waals surface area contributed by atoms with Crippen molar-refractivity contribution in [3.63, 3.8) is 0 Å². The first kappa shape index (κ1) is 16.8. The van der Waals surface area contributed by atoms with E-state index in [1.54, 1.807) is 0 Å². The van der Waals surface area contributed by atoms with E-state index in [0.717, 1.165) is 32.2 Å². The number of nitriles is 1. The summed E-state index contributed by atoms with van der Waals surface area (Å²) in [5.41, 5.74) is -0.276. The quantitative estimate of drug-likeness (QED) is 0.568. The summed E-state index contributed by atoms with van der Waals surface area (Å²) in [6, 6.07) is 2.48. The van der Waals surface area contributed by atoms with Gasteiger partial charge in [-0.25, -0.2) is 0 Å². The van der Waals surface area contributed by atoms with Crippen molar-refractivity contribution in [3.8, 4) is 6.07 Å². The van der Waals surface area contributed by atoms with Gasteiger partial charge in [0.15, 0.2) is 0 Å². The van der Waals surface area contributed by atoms with Gasteiger partial charge in [0.05, 0.1) is 6.07 Å². The predicted molar refractivity (Wildman–Crippen MR) is 78.4 cm³/mol. The molecule has 0 fully saturated rings. The maximum atomic E-state index is 9.32. The molecule has 100 valence electrons. The van der Waals surface area contributed by atoms with Crippen LogP contribution in [0.5, 0.6) is 0 Å². The van der Waals surface area contributed by atoms with Crippen molar-refractivity contribution in [2.45, 2.75) is 64.8 Å². The van der Waals surface area contributed by atoms with Gasteiger partial charge < -0.3 is 0 Å². The van der Waals surface area contributed by atoms with E-state index in [1.165, 1.54) is 24.3 Å². The molecule has 0 radical (unpaired) electrons. The van der Waals surface area contributed by atoms with E-state index in [9.17, 15) is 5.26 Å². The van der Waals surface area contributed by atoms with Crippen LogP contribution in [0.2, 0.25) is 0 Å². The van der Waals surface area contributed by atoms with E-state index in [4.69, 9.17) is 0 Å². The molecule has 0 spiro atoms. The maximum Gasteiger partial charge on any atom is 0.106 e. The minimum absolute atomic E-state index is 0.276. The average Bonchev–Trinajstić information content (AvgIpc) is 2.38. The fourth-order valence-corrected chi connectivity index (χ4v) is 2.80. The van der Waals surface area contributed by atoms with Gasteiger partial charge in [0, 0.05) is 0 Å². The molecule has 2 nitrogen and oxygen atoms in total. The Morgan fingerprint density at radius 2 is 1.82 bits per heavy atom. The van der Waals surface area contributed by atoms with E-state index in [2.05, 4.69) is 32.2 Å². The van der Waals surface area contributed by atoms with Crippen molar-refractivity contribution in [2.24, 2.45) is 0 Å². The molecule has 0 amide bonds. The second kappa shape index (κ2) is 10.9. The van der Waals surface area contributed by atoms with Crippen molar-refractivity contribution < 1.29 is 0 Å². The number of thioether (sulfide) groups is 1. The predicted octanol–water partition coefficient (Wildman–Crippen LogP) is 3.97. The smallest absolute Gasteiger partial charge is 0.106 e. The van der Waals surface area contributed by atoms with Crippen LogP contribution < -0.4 is 5.32 Å². The summed E-state index contributed by atoms with van der Waals surface area (Å²) in [6.07, 6.45) is 6.72. The van der Waals surface area contributed by atoms with Gasteiger partial charge in [0.2, 0.25) is 0 Å². The first-order valence-electron chi connectivity index (χ1n) is 6.98. The Labute approximate surface area is 112 Å². The minimum Gasteiger partial charge on any atom is -0.299 e. The molecule has 0 aromatic carbocycles. The van der Waals surface area contributed by atoms with Crippen molar-refractivity contribution in [1.82, 2.24) is 5.32 Å². The van der Waals surface area contributed by atoms with E-state index in [1.807, 2.05) is 11.8 Å². The Kier molecular flexibility index (Phi) is 10.8. The molecule has 0 aromatic rings. The largest absolute Gasteiger partial charge is 0.299 e. The molecular formula is C14H28N2S. The number of unbranched alkanes of at least 4 members (excludes halogenated alkanes) is 1. The molecule has 1 atom stereocenters. The van der Waals surface area contributed by atoms with Crippen molar-refractivity contribution in [1.29, 1.82) is 5.26 Å². The molecular weight excluding hydrogens is 228 g/mol. The third-order valence-electron chi connectivity index (χ3n) is 3.07. The first-order chi connectivity index (χ1) is 8.24. The van der Waals surface area contributed by atoms with Crippen LogP contribution in [-0.4, -0.2) is 23.6 Å². The number of hydrogen-bond acceptors (Lipinski definition) is 3. The van der Waals surface area contributed by atoms with E-state index in [-0.39, 0.29) is 5.54 Å². The standard InChI is InChI=1S/C14H28N2S/c1-4-7-11-17-12-8-9-14(6-3,13-15)16-10-5-2/h16H,4-12H2,1-3H3. The summed E-state index contributed by atoms with van der Waals surface area (Å²) >= 11 is 2.03. The van der Waals surface area contributed by atoms with Gasteiger partial charge in [-0.05, 0) is 50.2 Å². The zero-order valence-corrected chi connectivity index (χ0v) is 12.5. The van der Waals surface area contributed by atoms with E-state index in [0.29, 0.717) is 0 Å². The Bertz CT molecular complexity index is 213. The fourth-order valence-electron chi connectivity index (χ4n) is 1.75. The van der Waals surface area contributed by atoms with Gasteiger partial charge in [-0.15, -0.1) is 0 Å². The van der Waals surface area contributed by atoms with Crippen molar-refractivity contribution in [2.75, 3.05) is 18.1 Å². The topological polar surface area (TPSA) is 35.8 Å². The van der Waals surface area contributed by atoms with Crippen LogP contribution in [0.15, 0.2) is 0 Å². The second-order valence-electron chi connectivity index (χ2n) is 4.54. The third-order valence-corrected chi connectivity index (χ3v) is 4.22. The molecule has 0 aromatic heterocycles. The second-order valence-corrected chi connectivity index (χ2v) is 5.77. The molecule has 0 aliphatic heterocycles. The Hall–Kier alpha value is -0.200. The summed E-state index contributed by atoms with van der Waals surface area (Å²) < 4.78 is 0. The van der Waals surface area contributed by atoms with Gasteiger partial charge in [-0.1, -0.05) is 27.2 Å². The van der Waals surface area contributed by atoms with Crippen LogP contribution in [0.25, 0.3) is 0 Å². The van der Waals surface area contributed by atoms with Gasteiger partial charge >= 0.3 is 0 Å². The molecule has 1 unspecified atom stereocenters. The zero-order chi connectivity index (χ0) is 13.0. The third kappa shape index (κ3) is 7.68. The molecule has 0 saturated carbocycles. The van der Waals surface area contributed by atoms with E-state index >= 15 is 0 Å². The molecule has 0 saturated heterocycles. The molecule has 0 heterocycles. The van der Waals surface area contributed by atoms with Gasteiger partial charge in [-0.2, -0.15) is 17.0 Å². The molecule has 1 N–H and O–H groups in total. The Balaban J connectivity index is 3.81. The highest BCUT2D eigenvalue weighted by Gasteiger charge is 2.25. The molecule has 0 bridgehead atoms. The van der Waals surface area contributed by atoms with Crippen LogP contribution in [0.4, 0.5) is 0 Å². The Morgan fingerprint density at radius 3 is 2.35 bits per heavy atom. The number of nitrogens with zero attached hydrogens (tertiary/aromatic N) is 1.